The average molecular weight is 458 g/mol. The molecular weight excluding hydrogens is 433 g/mol. The molecular formula is C26H24FN5S. The van der Waals surface area contributed by atoms with Crippen molar-refractivity contribution < 1.29 is 4.39 Å². The lowest BCUT2D eigenvalue weighted by molar-refractivity contribution is 0.307. The van der Waals surface area contributed by atoms with Gasteiger partial charge in [-0.25, -0.2) is 4.39 Å². The van der Waals surface area contributed by atoms with Gasteiger partial charge in [0.2, 0.25) is 0 Å². The minimum atomic E-state index is -0.252. The first-order valence-corrected chi connectivity index (χ1v) is 11.3. The third kappa shape index (κ3) is 3.89. The standard InChI is InChI=1S/C26H24FN5S/c1-17-15-20(18(2)32(17)23-12-4-3-10-21(23)27)25-24(22-11-6-8-14-29-22)30-26(33)31(25)16-19-9-5-7-13-28-19/h3-15,24-25H,16H2,1-2H3,(H,30,33)/t24-,25-/m1/s1. The normalized spacial score (nSPS) is 17.9. The SMILES string of the molecule is Cc1cc([C@@H]2[C@@H](c3ccccn3)NC(=S)N2Cc2ccccn2)c(C)n1-c1ccccc1F. The van der Waals surface area contributed by atoms with Crippen LogP contribution in [0.2, 0.25) is 0 Å². The Labute approximate surface area is 197 Å². The van der Waals surface area contributed by atoms with E-state index in [2.05, 4.69) is 26.3 Å². The molecule has 0 aliphatic carbocycles. The van der Waals surface area contributed by atoms with Crippen molar-refractivity contribution in [2.24, 2.45) is 0 Å². The van der Waals surface area contributed by atoms with Crippen LogP contribution in [0.25, 0.3) is 5.69 Å². The molecule has 4 heterocycles. The maximum absolute atomic E-state index is 14.7. The predicted octanol–water partition coefficient (Wildman–Crippen LogP) is 5.20. The number of thiocarbonyl (C=S) groups is 1. The van der Waals surface area contributed by atoms with Crippen molar-refractivity contribution in [1.29, 1.82) is 0 Å². The largest absolute Gasteiger partial charge is 0.352 e. The molecule has 0 amide bonds. The Morgan fingerprint density at radius 1 is 0.970 bits per heavy atom. The number of para-hydroxylation sites is 1. The number of hydrogen-bond acceptors (Lipinski definition) is 3. The lowest BCUT2D eigenvalue weighted by atomic mass is 9.96. The van der Waals surface area contributed by atoms with Crippen LogP contribution in [-0.4, -0.2) is 24.5 Å². The highest BCUT2D eigenvalue weighted by Gasteiger charge is 2.41. The van der Waals surface area contributed by atoms with Crippen LogP contribution in [0.3, 0.4) is 0 Å². The molecule has 0 spiro atoms. The molecule has 4 aromatic rings. The maximum atomic E-state index is 14.7. The van der Waals surface area contributed by atoms with Crippen molar-refractivity contribution in [2.45, 2.75) is 32.5 Å². The second-order valence-corrected chi connectivity index (χ2v) is 8.58. The molecule has 33 heavy (non-hydrogen) atoms. The molecule has 0 unspecified atom stereocenters. The van der Waals surface area contributed by atoms with E-state index in [9.17, 15) is 4.39 Å². The zero-order valence-corrected chi connectivity index (χ0v) is 19.3. The Bertz CT molecular complexity index is 1290. The van der Waals surface area contributed by atoms with Crippen LogP contribution < -0.4 is 5.32 Å². The Balaban J connectivity index is 1.63. The molecule has 166 valence electrons. The topological polar surface area (TPSA) is 46.0 Å². The summed E-state index contributed by atoms with van der Waals surface area (Å²) in [7, 11) is 0. The summed E-state index contributed by atoms with van der Waals surface area (Å²) in [5.41, 5.74) is 5.39. The van der Waals surface area contributed by atoms with Crippen LogP contribution in [0.4, 0.5) is 4.39 Å². The minimum absolute atomic E-state index is 0.124. The molecule has 1 fully saturated rings. The number of rotatable bonds is 5. The quantitative estimate of drug-likeness (QED) is 0.418. The molecule has 5 nitrogen and oxygen atoms in total. The van der Waals surface area contributed by atoms with Gasteiger partial charge in [-0.1, -0.05) is 24.3 Å². The molecule has 1 aliphatic heterocycles. The number of benzene rings is 1. The fraction of sp³-hybridized carbons (Fsp3) is 0.192. The molecule has 3 aromatic heterocycles. The summed E-state index contributed by atoms with van der Waals surface area (Å²) in [5, 5.41) is 4.13. The highest BCUT2D eigenvalue weighted by atomic mass is 32.1. The van der Waals surface area contributed by atoms with Gasteiger partial charge >= 0.3 is 0 Å². The van der Waals surface area contributed by atoms with Gasteiger partial charge in [-0.05, 0) is 74.1 Å². The monoisotopic (exact) mass is 457 g/mol. The third-order valence-electron chi connectivity index (χ3n) is 6.14. The molecule has 1 aromatic carbocycles. The van der Waals surface area contributed by atoms with E-state index in [4.69, 9.17) is 12.2 Å². The van der Waals surface area contributed by atoms with E-state index in [1.54, 1.807) is 24.5 Å². The molecule has 5 rings (SSSR count). The summed E-state index contributed by atoms with van der Waals surface area (Å²) in [6, 6.07) is 20.5. The van der Waals surface area contributed by atoms with E-state index < -0.39 is 0 Å². The van der Waals surface area contributed by atoms with Crippen LogP contribution in [0.5, 0.6) is 0 Å². The molecule has 1 N–H and O–H groups in total. The highest BCUT2D eigenvalue weighted by Crippen LogP contribution is 2.42. The van der Waals surface area contributed by atoms with Crippen LogP contribution in [0.15, 0.2) is 79.1 Å². The van der Waals surface area contributed by atoms with Gasteiger partial charge in [-0.15, -0.1) is 0 Å². The zero-order chi connectivity index (χ0) is 22.9. The lowest BCUT2D eigenvalue weighted by Crippen LogP contribution is -2.29. The van der Waals surface area contributed by atoms with Crippen LogP contribution in [0.1, 0.15) is 40.4 Å². The highest BCUT2D eigenvalue weighted by molar-refractivity contribution is 7.80. The zero-order valence-electron chi connectivity index (χ0n) is 18.4. The number of nitrogens with one attached hydrogen (secondary N) is 1. The average Bonchev–Trinajstić information content (AvgIpc) is 3.30. The van der Waals surface area contributed by atoms with Gasteiger partial charge in [0.1, 0.15) is 5.82 Å². The third-order valence-corrected chi connectivity index (χ3v) is 6.49. The van der Waals surface area contributed by atoms with Crippen LogP contribution in [-0.2, 0) is 6.54 Å². The number of hydrogen-bond donors (Lipinski definition) is 1. The Kier molecular flexibility index (Phi) is 5.64. The fourth-order valence-corrected chi connectivity index (χ4v) is 4.98. The van der Waals surface area contributed by atoms with Crippen molar-refractivity contribution in [1.82, 2.24) is 24.8 Å². The van der Waals surface area contributed by atoms with Crippen molar-refractivity contribution in [3.63, 3.8) is 0 Å². The molecule has 1 saturated heterocycles. The summed E-state index contributed by atoms with van der Waals surface area (Å²) < 4.78 is 16.7. The first kappa shape index (κ1) is 21.3. The number of pyridine rings is 2. The van der Waals surface area contributed by atoms with Gasteiger partial charge in [0, 0.05) is 23.8 Å². The summed E-state index contributed by atoms with van der Waals surface area (Å²) in [6.45, 7) is 4.59. The van der Waals surface area contributed by atoms with E-state index in [0.717, 1.165) is 28.3 Å². The first-order valence-electron chi connectivity index (χ1n) is 10.9. The molecule has 0 bridgehead atoms. The number of aromatic nitrogens is 3. The summed E-state index contributed by atoms with van der Waals surface area (Å²) in [6.07, 6.45) is 3.58. The van der Waals surface area contributed by atoms with Crippen molar-refractivity contribution in [2.75, 3.05) is 0 Å². The van der Waals surface area contributed by atoms with Gasteiger partial charge in [-0.3, -0.25) is 9.97 Å². The molecule has 2 atom stereocenters. The maximum Gasteiger partial charge on any atom is 0.170 e. The Hall–Kier alpha value is -3.58. The van der Waals surface area contributed by atoms with Gasteiger partial charge in [0.25, 0.3) is 0 Å². The van der Waals surface area contributed by atoms with Gasteiger partial charge in [-0.2, -0.15) is 0 Å². The van der Waals surface area contributed by atoms with Gasteiger partial charge in [0.05, 0.1) is 35.7 Å². The smallest absolute Gasteiger partial charge is 0.170 e. The predicted molar refractivity (Wildman–Crippen MR) is 130 cm³/mol. The van der Waals surface area contributed by atoms with Crippen molar-refractivity contribution >= 4 is 17.3 Å². The van der Waals surface area contributed by atoms with Crippen LogP contribution in [0, 0.1) is 19.7 Å². The minimum Gasteiger partial charge on any atom is -0.352 e. The Morgan fingerprint density at radius 3 is 2.39 bits per heavy atom. The molecule has 0 radical (unpaired) electrons. The van der Waals surface area contributed by atoms with E-state index in [0.29, 0.717) is 17.3 Å². The summed E-state index contributed by atoms with van der Waals surface area (Å²) in [5.74, 6) is -0.252. The number of nitrogens with zero attached hydrogens (tertiary/aromatic N) is 4. The Morgan fingerprint density at radius 2 is 1.70 bits per heavy atom. The van der Waals surface area contributed by atoms with E-state index >= 15 is 0 Å². The number of halogens is 1. The van der Waals surface area contributed by atoms with Crippen molar-refractivity contribution in [3.8, 4) is 5.69 Å². The molecule has 0 saturated carbocycles. The number of aryl methyl sites for hydroxylation is 1. The molecule has 7 heteroatoms. The summed E-state index contributed by atoms with van der Waals surface area (Å²) in [4.78, 5) is 11.3. The van der Waals surface area contributed by atoms with Gasteiger partial charge in [0.15, 0.2) is 5.11 Å². The second kappa shape index (κ2) is 8.75. The van der Waals surface area contributed by atoms with E-state index in [1.807, 2.05) is 60.9 Å². The van der Waals surface area contributed by atoms with Crippen molar-refractivity contribution in [3.05, 3.63) is 113 Å². The second-order valence-electron chi connectivity index (χ2n) is 8.19. The summed E-state index contributed by atoms with van der Waals surface area (Å²) >= 11 is 5.78. The van der Waals surface area contributed by atoms with Gasteiger partial charge < -0.3 is 14.8 Å². The first-order chi connectivity index (χ1) is 16.0. The van der Waals surface area contributed by atoms with E-state index in [1.165, 1.54) is 6.07 Å². The fourth-order valence-electron chi connectivity index (χ4n) is 4.67. The van der Waals surface area contributed by atoms with Crippen LogP contribution >= 0.6 is 12.2 Å². The van der Waals surface area contributed by atoms with E-state index in [-0.39, 0.29) is 17.9 Å². The molecule has 1 aliphatic rings. The lowest BCUT2D eigenvalue weighted by Gasteiger charge is -2.28.